The first-order chi connectivity index (χ1) is 6.63. The van der Waals surface area contributed by atoms with Crippen LogP contribution in [0.5, 0.6) is 0 Å². The Bertz CT molecular complexity index is 308. The molecule has 14 heavy (non-hydrogen) atoms. The van der Waals surface area contributed by atoms with Crippen LogP contribution in [0.25, 0.3) is 0 Å². The third-order valence-corrected chi connectivity index (χ3v) is 1.78. The molecule has 0 bridgehead atoms. The first kappa shape index (κ1) is 10.7. The number of carbonyl (C=O) groups is 1. The molecule has 0 aliphatic heterocycles. The van der Waals surface area contributed by atoms with Gasteiger partial charge >= 0.3 is 5.97 Å². The standard InChI is InChI=1S/C9H13NO4/c1-6-4-10-9(14-6)7(5-13-2)3-8(11)12/h4,7H,3,5H2,1-2H3,(H,11,12). The first-order valence-corrected chi connectivity index (χ1v) is 4.26. The fourth-order valence-electron chi connectivity index (χ4n) is 1.19. The highest BCUT2D eigenvalue weighted by Gasteiger charge is 2.20. The molecular formula is C9H13NO4. The zero-order chi connectivity index (χ0) is 10.6. The highest BCUT2D eigenvalue weighted by Crippen LogP contribution is 2.19. The van der Waals surface area contributed by atoms with Crippen LogP contribution in [0.1, 0.15) is 24.0 Å². The van der Waals surface area contributed by atoms with Crippen molar-refractivity contribution in [3.8, 4) is 0 Å². The lowest BCUT2D eigenvalue weighted by Crippen LogP contribution is -2.11. The number of nitrogens with zero attached hydrogens (tertiary/aromatic N) is 1. The van der Waals surface area contributed by atoms with Crippen molar-refractivity contribution in [1.82, 2.24) is 4.98 Å². The average Bonchev–Trinajstić information content (AvgIpc) is 2.50. The summed E-state index contributed by atoms with van der Waals surface area (Å²) in [6.07, 6.45) is 1.54. The lowest BCUT2D eigenvalue weighted by Gasteiger charge is -2.08. The van der Waals surface area contributed by atoms with Crippen molar-refractivity contribution in [3.05, 3.63) is 17.8 Å². The fraction of sp³-hybridized carbons (Fsp3) is 0.556. The van der Waals surface area contributed by atoms with E-state index < -0.39 is 5.97 Å². The number of aryl methyl sites for hydroxylation is 1. The van der Waals surface area contributed by atoms with Crippen LogP contribution in [0.2, 0.25) is 0 Å². The van der Waals surface area contributed by atoms with Gasteiger partial charge in [0.1, 0.15) is 5.76 Å². The number of aromatic nitrogens is 1. The molecule has 0 saturated heterocycles. The van der Waals surface area contributed by atoms with Gasteiger partial charge in [-0.05, 0) is 6.92 Å². The molecule has 1 atom stereocenters. The van der Waals surface area contributed by atoms with E-state index in [-0.39, 0.29) is 12.3 Å². The Hall–Kier alpha value is -1.36. The number of hydrogen-bond acceptors (Lipinski definition) is 4. The second-order valence-corrected chi connectivity index (χ2v) is 3.06. The number of carboxylic acid groups (broad SMARTS) is 1. The molecule has 0 aliphatic rings. The monoisotopic (exact) mass is 199 g/mol. The van der Waals surface area contributed by atoms with Crippen molar-refractivity contribution >= 4 is 5.97 Å². The molecular weight excluding hydrogens is 186 g/mol. The van der Waals surface area contributed by atoms with Gasteiger partial charge in [-0.3, -0.25) is 4.79 Å². The summed E-state index contributed by atoms with van der Waals surface area (Å²) in [5.74, 6) is -0.104. The van der Waals surface area contributed by atoms with Crippen molar-refractivity contribution in [2.75, 3.05) is 13.7 Å². The van der Waals surface area contributed by atoms with Gasteiger partial charge in [-0.15, -0.1) is 0 Å². The van der Waals surface area contributed by atoms with E-state index in [0.717, 1.165) is 0 Å². The molecule has 0 aliphatic carbocycles. The van der Waals surface area contributed by atoms with Crippen LogP contribution in [0, 0.1) is 6.92 Å². The number of ether oxygens (including phenoxy) is 1. The van der Waals surface area contributed by atoms with Gasteiger partial charge in [-0.25, -0.2) is 4.98 Å². The number of hydrogen-bond donors (Lipinski definition) is 1. The zero-order valence-corrected chi connectivity index (χ0v) is 8.19. The van der Waals surface area contributed by atoms with E-state index in [0.29, 0.717) is 18.3 Å². The average molecular weight is 199 g/mol. The smallest absolute Gasteiger partial charge is 0.304 e. The highest BCUT2D eigenvalue weighted by molar-refractivity contribution is 5.67. The number of oxazole rings is 1. The molecule has 1 heterocycles. The molecule has 5 heteroatoms. The van der Waals surface area contributed by atoms with E-state index in [1.807, 2.05) is 0 Å². The van der Waals surface area contributed by atoms with E-state index in [1.165, 1.54) is 7.11 Å². The predicted octanol–water partition coefficient (Wildman–Crippen LogP) is 1.19. The minimum absolute atomic E-state index is 0.0339. The molecule has 0 radical (unpaired) electrons. The number of rotatable bonds is 5. The topological polar surface area (TPSA) is 72.6 Å². The van der Waals surface area contributed by atoms with E-state index in [1.54, 1.807) is 13.1 Å². The third kappa shape index (κ3) is 2.85. The molecule has 1 unspecified atom stereocenters. The van der Waals surface area contributed by atoms with Crippen molar-refractivity contribution in [1.29, 1.82) is 0 Å². The van der Waals surface area contributed by atoms with Gasteiger partial charge < -0.3 is 14.3 Å². The quantitative estimate of drug-likeness (QED) is 0.771. The lowest BCUT2D eigenvalue weighted by atomic mass is 10.1. The zero-order valence-electron chi connectivity index (χ0n) is 8.19. The van der Waals surface area contributed by atoms with Crippen LogP contribution in [0.4, 0.5) is 0 Å². The maximum absolute atomic E-state index is 10.5. The minimum Gasteiger partial charge on any atom is -0.481 e. The van der Waals surface area contributed by atoms with E-state index in [2.05, 4.69) is 4.98 Å². The van der Waals surface area contributed by atoms with Crippen LogP contribution in [0.3, 0.4) is 0 Å². The summed E-state index contributed by atoms with van der Waals surface area (Å²) < 4.78 is 10.1. The highest BCUT2D eigenvalue weighted by atomic mass is 16.5. The molecule has 0 amide bonds. The van der Waals surface area contributed by atoms with E-state index in [4.69, 9.17) is 14.3 Å². The lowest BCUT2D eigenvalue weighted by molar-refractivity contribution is -0.137. The maximum Gasteiger partial charge on any atom is 0.304 e. The maximum atomic E-state index is 10.5. The molecule has 0 saturated carbocycles. The molecule has 1 aromatic heterocycles. The SMILES string of the molecule is COCC(CC(=O)O)c1ncc(C)o1. The van der Waals surface area contributed by atoms with E-state index in [9.17, 15) is 4.79 Å². The molecule has 5 nitrogen and oxygen atoms in total. The second kappa shape index (κ2) is 4.76. The molecule has 0 fully saturated rings. The van der Waals surface area contributed by atoms with Gasteiger partial charge in [0, 0.05) is 7.11 Å². The number of aliphatic carboxylic acids is 1. The van der Waals surface area contributed by atoms with E-state index >= 15 is 0 Å². The number of carboxylic acids is 1. The normalized spacial score (nSPS) is 12.7. The van der Waals surface area contributed by atoms with Crippen LogP contribution < -0.4 is 0 Å². The Morgan fingerprint density at radius 2 is 2.50 bits per heavy atom. The van der Waals surface area contributed by atoms with Crippen molar-refractivity contribution in [3.63, 3.8) is 0 Å². The summed E-state index contributed by atoms with van der Waals surface area (Å²) in [7, 11) is 1.52. The molecule has 1 aromatic rings. The summed E-state index contributed by atoms with van der Waals surface area (Å²) in [6.45, 7) is 2.06. The van der Waals surface area contributed by atoms with Crippen LogP contribution >= 0.6 is 0 Å². The Balaban J connectivity index is 2.71. The summed E-state index contributed by atoms with van der Waals surface area (Å²) in [5.41, 5.74) is 0. The molecule has 1 rings (SSSR count). The first-order valence-electron chi connectivity index (χ1n) is 4.26. The molecule has 0 spiro atoms. The predicted molar refractivity (Wildman–Crippen MR) is 48.1 cm³/mol. The Labute approximate surface area is 81.7 Å². The third-order valence-electron chi connectivity index (χ3n) is 1.78. The van der Waals surface area contributed by atoms with Gasteiger partial charge in [0.05, 0.1) is 25.1 Å². The van der Waals surface area contributed by atoms with Gasteiger partial charge in [0.15, 0.2) is 5.89 Å². The Morgan fingerprint density at radius 1 is 1.79 bits per heavy atom. The summed E-state index contributed by atoms with van der Waals surface area (Å²) in [6, 6.07) is 0. The number of methoxy groups -OCH3 is 1. The van der Waals surface area contributed by atoms with Gasteiger partial charge in [0.25, 0.3) is 0 Å². The summed E-state index contributed by atoms with van der Waals surface area (Å²) >= 11 is 0. The van der Waals surface area contributed by atoms with Crippen LogP contribution in [-0.4, -0.2) is 29.8 Å². The summed E-state index contributed by atoms with van der Waals surface area (Å²) in [5, 5.41) is 8.65. The molecule has 0 aromatic carbocycles. The molecule has 78 valence electrons. The van der Waals surface area contributed by atoms with Crippen LogP contribution in [-0.2, 0) is 9.53 Å². The van der Waals surface area contributed by atoms with Gasteiger partial charge in [-0.1, -0.05) is 0 Å². The van der Waals surface area contributed by atoms with Gasteiger partial charge in [-0.2, -0.15) is 0 Å². The van der Waals surface area contributed by atoms with Gasteiger partial charge in [0.2, 0.25) is 0 Å². The van der Waals surface area contributed by atoms with Crippen LogP contribution in [0.15, 0.2) is 10.6 Å². The largest absolute Gasteiger partial charge is 0.481 e. The van der Waals surface area contributed by atoms with Crippen molar-refractivity contribution in [2.24, 2.45) is 0 Å². The summed E-state index contributed by atoms with van der Waals surface area (Å²) in [4.78, 5) is 14.5. The van der Waals surface area contributed by atoms with Crippen molar-refractivity contribution in [2.45, 2.75) is 19.3 Å². The second-order valence-electron chi connectivity index (χ2n) is 3.06. The molecule has 1 N–H and O–H groups in total. The Morgan fingerprint density at radius 3 is 2.93 bits per heavy atom. The Kier molecular flexibility index (Phi) is 3.64. The van der Waals surface area contributed by atoms with Crippen molar-refractivity contribution < 1.29 is 19.1 Å². The fourth-order valence-corrected chi connectivity index (χ4v) is 1.19. The minimum atomic E-state index is -0.886.